The van der Waals surface area contributed by atoms with Gasteiger partial charge in [-0.1, -0.05) is 39.1 Å². The molecule has 0 spiro atoms. The first-order valence-corrected chi connectivity index (χ1v) is 7.87. The molecule has 0 bridgehead atoms. The molecule has 0 unspecified atom stereocenters. The average Bonchev–Trinajstić information content (AvgIpc) is 2.27. The van der Waals surface area contributed by atoms with E-state index in [1.54, 1.807) is 6.07 Å². The molecule has 2 aromatic rings. The molecule has 0 aliphatic rings. The Morgan fingerprint density at radius 3 is 2.53 bits per heavy atom. The summed E-state index contributed by atoms with van der Waals surface area (Å²) in [7, 11) is -3.83. The lowest BCUT2D eigenvalue weighted by Gasteiger charge is -2.08. The van der Waals surface area contributed by atoms with Crippen molar-refractivity contribution in [3.63, 3.8) is 0 Å². The van der Waals surface area contributed by atoms with E-state index in [0.717, 1.165) is 6.33 Å². The smallest absolute Gasteiger partial charge is 0.263 e. The Morgan fingerprint density at radius 2 is 1.89 bits per heavy atom. The Kier molecular flexibility index (Phi) is 4.29. The average molecular weight is 383 g/mol. The van der Waals surface area contributed by atoms with Crippen molar-refractivity contribution < 1.29 is 8.42 Å². The van der Waals surface area contributed by atoms with E-state index in [-0.39, 0.29) is 20.9 Å². The third-order valence-corrected chi connectivity index (χ3v) is 4.59. The number of anilines is 1. The summed E-state index contributed by atoms with van der Waals surface area (Å²) in [5.74, 6) is 0.0685. The Bertz CT molecular complexity index is 724. The molecule has 0 saturated heterocycles. The zero-order valence-electron chi connectivity index (χ0n) is 9.14. The SMILES string of the molecule is O=S(=O)(Nc1cc(Cl)ncn1)c1ccc(Br)cc1Cl. The Balaban J connectivity index is 2.38. The highest BCUT2D eigenvalue weighted by atomic mass is 79.9. The van der Waals surface area contributed by atoms with Gasteiger partial charge in [-0.2, -0.15) is 0 Å². The van der Waals surface area contributed by atoms with Gasteiger partial charge in [0.2, 0.25) is 0 Å². The molecule has 0 saturated carbocycles. The van der Waals surface area contributed by atoms with Crippen molar-refractivity contribution in [2.45, 2.75) is 4.90 Å². The maximum Gasteiger partial charge on any atom is 0.264 e. The van der Waals surface area contributed by atoms with Crippen molar-refractivity contribution in [3.05, 3.63) is 45.2 Å². The maximum absolute atomic E-state index is 12.1. The summed E-state index contributed by atoms with van der Waals surface area (Å²) in [6, 6.07) is 5.75. The molecule has 5 nitrogen and oxygen atoms in total. The number of nitrogens with zero attached hydrogens (tertiary/aromatic N) is 2. The number of benzene rings is 1. The quantitative estimate of drug-likeness (QED) is 0.826. The first kappa shape index (κ1) is 14.5. The van der Waals surface area contributed by atoms with Gasteiger partial charge < -0.3 is 0 Å². The summed E-state index contributed by atoms with van der Waals surface area (Å²) in [5, 5.41) is 0.233. The zero-order chi connectivity index (χ0) is 14.0. The van der Waals surface area contributed by atoms with Crippen LogP contribution in [-0.4, -0.2) is 18.4 Å². The van der Waals surface area contributed by atoms with Crippen molar-refractivity contribution >= 4 is 55.0 Å². The van der Waals surface area contributed by atoms with Gasteiger partial charge in [-0.15, -0.1) is 0 Å². The van der Waals surface area contributed by atoms with Gasteiger partial charge in [0.25, 0.3) is 10.0 Å². The van der Waals surface area contributed by atoms with E-state index in [0.29, 0.717) is 4.47 Å². The molecule has 0 aliphatic heterocycles. The molecule has 1 heterocycles. The molecule has 1 N–H and O–H groups in total. The van der Waals surface area contributed by atoms with Gasteiger partial charge in [-0.3, -0.25) is 4.72 Å². The number of hydrogen-bond donors (Lipinski definition) is 1. The summed E-state index contributed by atoms with van der Waals surface area (Å²) in [6.45, 7) is 0. The van der Waals surface area contributed by atoms with Crippen LogP contribution in [0.25, 0.3) is 0 Å². The van der Waals surface area contributed by atoms with E-state index < -0.39 is 10.0 Å². The largest absolute Gasteiger partial charge is 0.264 e. The van der Waals surface area contributed by atoms with Crippen molar-refractivity contribution in [2.75, 3.05) is 4.72 Å². The predicted octanol–water partition coefficient (Wildman–Crippen LogP) is 3.35. The van der Waals surface area contributed by atoms with Crippen LogP contribution in [0.4, 0.5) is 5.82 Å². The van der Waals surface area contributed by atoms with E-state index in [4.69, 9.17) is 23.2 Å². The van der Waals surface area contributed by atoms with Crippen LogP contribution in [0.5, 0.6) is 0 Å². The highest BCUT2D eigenvalue weighted by Gasteiger charge is 2.18. The number of sulfonamides is 1. The second kappa shape index (κ2) is 5.62. The normalized spacial score (nSPS) is 11.3. The van der Waals surface area contributed by atoms with Crippen molar-refractivity contribution in [3.8, 4) is 0 Å². The van der Waals surface area contributed by atoms with E-state index in [9.17, 15) is 8.42 Å². The van der Waals surface area contributed by atoms with Crippen LogP contribution < -0.4 is 4.72 Å². The molecule has 0 aliphatic carbocycles. The van der Waals surface area contributed by atoms with Crippen molar-refractivity contribution in [1.82, 2.24) is 9.97 Å². The van der Waals surface area contributed by atoms with Gasteiger partial charge >= 0.3 is 0 Å². The Labute approximate surface area is 128 Å². The number of rotatable bonds is 3. The second-order valence-electron chi connectivity index (χ2n) is 3.41. The molecule has 0 fully saturated rings. The molecular weight excluding hydrogens is 377 g/mol. The fourth-order valence-electron chi connectivity index (χ4n) is 1.28. The van der Waals surface area contributed by atoms with Gasteiger partial charge in [0, 0.05) is 10.5 Å². The molecular formula is C10H6BrCl2N3O2S. The number of halogens is 3. The fourth-order valence-corrected chi connectivity index (χ4v) is 3.46. The van der Waals surface area contributed by atoms with E-state index in [2.05, 4.69) is 30.6 Å². The van der Waals surface area contributed by atoms with Gasteiger partial charge in [0.05, 0.1) is 5.02 Å². The van der Waals surface area contributed by atoms with Gasteiger partial charge in [-0.25, -0.2) is 18.4 Å². The molecule has 1 aromatic carbocycles. The molecule has 0 atom stereocenters. The van der Waals surface area contributed by atoms with E-state index in [1.807, 2.05) is 0 Å². The summed E-state index contributed by atoms with van der Waals surface area (Å²) in [5.41, 5.74) is 0. The lowest BCUT2D eigenvalue weighted by Crippen LogP contribution is -2.14. The summed E-state index contributed by atoms with van der Waals surface area (Å²) >= 11 is 14.8. The Morgan fingerprint density at radius 1 is 1.16 bits per heavy atom. The number of hydrogen-bond acceptors (Lipinski definition) is 4. The van der Waals surface area contributed by atoms with Gasteiger partial charge in [0.1, 0.15) is 22.2 Å². The molecule has 9 heteroatoms. The minimum atomic E-state index is -3.83. The third-order valence-electron chi connectivity index (χ3n) is 2.06. The van der Waals surface area contributed by atoms with Crippen molar-refractivity contribution in [1.29, 1.82) is 0 Å². The monoisotopic (exact) mass is 381 g/mol. The Hall–Kier alpha value is -0.890. The van der Waals surface area contributed by atoms with Gasteiger partial charge in [0.15, 0.2) is 0 Å². The first-order valence-electron chi connectivity index (χ1n) is 4.84. The predicted molar refractivity (Wildman–Crippen MR) is 77.0 cm³/mol. The topological polar surface area (TPSA) is 72.0 Å². The molecule has 2 rings (SSSR count). The highest BCUT2D eigenvalue weighted by Crippen LogP contribution is 2.26. The van der Waals surface area contributed by atoms with Crippen LogP contribution in [0, 0.1) is 0 Å². The van der Waals surface area contributed by atoms with Crippen LogP contribution in [0.3, 0.4) is 0 Å². The summed E-state index contributed by atoms with van der Waals surface area (Å²) in [6.07, 6.45) is 1.16. The lowest BCUT2D eigenvalue weighted by molar-refractivity contribution is 0.601. The first-order chi connectivity index (χ1) is 8.88. The minimum absolute atomic E-state index is 0.0490. The minimum Gasteiger partial charge on any atom is -0.263 e. The zero-order valence-corrected chi connectivity index (χ0v) is 13.1. The highest BCUT2D eigenvalue weighted by molar-refractivity contribution is 9.10. The van der Waals surface area contributed by atoms with E-state index in [1.165, 1.54) is 18.2 Å². The third kappa shape index (κ3) is 3.56. The molecule has 0 radical (unpaired) electrons. The second-order valence-corrected chi connectivity index (χ2v) is 6.77. The molecule has 1 aromatic heterocycles. The lowest BCUT2D eigenvalue weighted by atomic mass is 10.4. The maximum atomic E-state index is 12.1. The number of aromatic nitrogens is 2. The number of nitrogens with one attached hydrogen (secondary N) is 1. The molecule has 19 heavy (non-hydrogen) atoms. The summed E-state index contributed by atoms with van der Waals surface area (Å²) < 4.78 is 27.2. The van der Waals surface area contributed by atoms with Gasteiger partial charge in [-0.05, 0) is 18.2 Å². The fraction of sp³-hybridized carbons (Fsp3) is 0. The van der Waals surface area contributed by atoms with Crippen LogP contribution in [0.2, 0.25) is 10.2 Å². The van der Waals surface area contributed by atoms with Crippen LogP contribution in [0.1, 0.15) is 0 Å². The van der Waals surface area contributed by atoms with Crippen LogP contribution >= 0.6 is 39.1 Å². The van der Waals surface area contributed by atoms with Crippen LogP contribution in [0.15, 0.2) is 40.0 Å². The standard InChI is InChI=1S/C10H6BrCl2N3O2S/c11-6-1-2-8(7(12)3-6)19(17,18)16-10-4-9(13)14-5-15-10/h1-5H,(H,14,15,16). The molecule has 100 valence electrons. The summed E-state index contributed by atoms with van der Waals surface area (Å²) in [4.78, 5) is 7.37. The van der Waals surface area contributed by atoms with Crippen LogP contribution in [-0.2, 0) is 10.0 Å². The van der Waals surface area contributed by atoms with Crippen molar-refractivity contribution in [2.24, 2.45) is 0 Å². The molecule has 0 amide bonds. The van der Waals surface area contributed by atoms with E-state index >= 15 is 0 Å².